The summed E-state index contributed by atoms with van der Waals surface area (Å²) in [7, 11) is 0. The number of anilines is 2. The van der Waals surface area contributed by atoms with E-state index in [-0.39, 0.29) is 6.61 Å². The number of nitrogens with zero attached hydrogens (tertiary/aromatic N) is 2. The zero-order chi connectivity index (χ0) is 9.97. The van der Waals surface area contributed by atoms with Crippen molar-refractivity contribution in [3.63, 3.8) is 0 Å². The van der Waals surface area contributed by atoms with E-state index < -0.39 is 0 Å². The molecule has 0 aliphatic heterocycles. The van der Waals surface area contributed by atoms with Crippen LogP contribution in [0, 0.1) is 0 Å². The van der Waals surface area contributed by atoms with Crippen LogP contribution in [0.2, 0.25) is 0 Å². The van der Waals surface area contributed by atoms with Crippen molar-refractivity contribution in [3.8, 4) is 0 Å². The molecule has 2 aromatic heterocycles. The van der Waals surface area contributed by atoms with Crippen LogP contribution >= 0.6 is 0 Å². The summed E-state index contributed by atoms with van der Waals surface area (Å²) in [6.07, 6.45) is 1.83. The predicted octanol–water partition coefficient (Wildman–Crippen LogP) is 0.321. The van der Waals surface area contributed by atoms with Gasteiger partial charge in [0.2, 0.25) is 0 Å². The Hall–Kier alpha value is -1.75. The summed E-state index contributed by atoms with van der Waals surface area (Å²) in [5.74, 6) is 0.616. The van der Waals surface area contributed by atoms with E-state index in [0.717, 1.165) is 5.52 Å². The van der Waals surface area contributed by atoms with E-state index in [1.165, 1.54) is 0 Å². The van der Waals surface area contributed by atoms with Crippen LogP contribution in [-0.2, 0) is 0 Å². The predicted molar refractivity (Wildman–Crippen MR) is 55.2 cm³/mol. The maximum absolute atomic E-state index is 8.66. The zero-order valence-corrected chi connectivity index (χ0v) is 7.64. The van der Waals surface area contributed by atoms with Crippen LogP contribution in [0.25, 0.3) is 5.52 Å². The van der Waals surface area contributed by atoms with Gasteiger partial charge in [-0.1, -0.05) is 6.07 Å². The Kier molecular flexibility index (Phi) is 2.24. The summed E-state index contributed by atoms with van der Waals surface area (Å²) in [5, 5.41) is 15.8. The van der Waals surface area contributed by atoms with E-state index in [1.54, 1.807) is 4.52 Å². The number of aliphatic hydroxyl groups is 1. The third kappa shape index (κ3) is 1.38. The fraction of sp³-hybridized carbons (Fsp3) is 0.222. The van der Waals surface area contributed by atoms with Crippen LogP contribution in [0.1, 0.15) is 0 Å². The second-order valence-corrected chi connectivity index (χ2v) is 2.94. The maximum Gasteiger partial charge on any atom is 0.172 e. The number of rotatable bonds is 3. The topological polar surface area (TPSA) is 75.6 Å². The van der Waals surface area contributed by atoms with Crippen molar-refractivity contribution < 1.29 is 5.11 Å². The summed E-state index contributed by atoms with van der Waals surface area (Å²) in [6, 6.07) is 5.69. The molecule has 0 aliphatic carbocycles. The van der Waals surface area contributed by atoms with Crippen LogP contribution < -0.4 is 11.1 Å². The van der Waals surface area contributed by atoms with Gasteiger partial charge in [0, 0.05) is 12.7 Å². The van der Waals surface area contributed by atoms with Crippen molar-refractivity contribution in [2.75, 3.05) is 24.2 Å². The lowest BCUT2D eigenvalue weighted by molar-refractivity contribution is 0.311. The molecule has 5 nitrogen and oxygen atoms in total. The minimum Gasteiger partial charge on any atom is -0.395 e. The Balaban J connectivity index is 2.41. The van der Waals surface area contributed by atoms with E-state index in [4.69, 9.17) is 10.8 Å². The number of fused-ring (bicyclic) bond motifs is 1. The molecule has 0 unspecified atom stereocenters. The third-order valence-corrected chi connectivity index (χ3v) is 1.98. The van der Waals surface area contributed by atoms with Crippen LogP contribution in [0.3, 0.4) is 0 Å². The van der Waals surface area contributed by atoms with Crippen molar-refractivity contribution in [1.29, 1.82) is 0 Å². The number of pyridine rings is 1. The van der Waals surface area contributed by atoms with Gasteiger partial charge in [0.05, 0.1) is 12.1 Å². The molecule has 0 saturated carbocycles. The molecule has 0 fully saturated rings. The molecule has 0 amide bonds. The molecule has 0 aromatic carbocycles. The van der Waals surface area contributed by atoms with E-state index in [9.17, 15) is 0 Å². The summed E-state index contributed by atoms with van der Waals surface area (Å²) in [4.78, 5) is 0. The molecule has 2 rings (SSSR count). The standard InChI is InChI=1S/C9H12N4O/c10-8-7-3-1-2-5-13(7)12-9(8)11-4-6-14/h1-3,5,14H,4,6,10H2,(H,11,12). The molecule has 0 radical (unpaired) electrons. The molecule has 2 heterocycles. The van der Waals surface area contributed by atoms with Crippen molar-refractivity contribution in [2.45, 2.75) is 0 Å². The fourth-order valence-electron chi connectivity index (χ4n) is 1.32. The van der Waals surface area contributed by atoms with Gasteiger partial charge in [-0.2, -0.15) is 0 Å². The van der Waals surface area contributed by atoms with Crippen molar-refractivity contribution >= 4 is 17.0 Å². The van der Waals surface area contributed by atoms with E-state index in [0.29, 0.717) is 18.1 Å². The van der Waals surface area contributed by atoms with Gasteiger partial charge in [0.25, 0.3) is 0 Å². The number of nitrogens with two attached hydrogens (primary N) is 1. The minimum absolute atomic E-state index is 0.0628. The second-order valence-electron chi connectivity index (χ2n) is 2.94. The van der Waals surface area contributed by atoms with Gasteiger partial charge in [0.15, 0.2) is 5.82 Å². The van der Waals surface area contributed by atoms with E-state index in [1.807, 2.05) is 24.4 Å². The largest absolute Gasteiger partial charge is 0.395 e. The summed E-state index contributed by atoms with van der Waals surface area (Å²) >= 11 is 0. The molecule has 2 aromatic rings. The molecular weight excluding hydrogens is 180 g/mol. The molecule has 0 atom stereocenters. The molecule has 14 heavy (non-hydrogen) atoms. The van der Waals surface area contributed by atoms with E-state index >= 15 is 0 Å². The van der Waals surface area contributed by atoms with Crippen LogP contribution in [0.5, 0.6) is 0 Å². The van der Waals surface area contributed by atoms with E-state index in [2.05, 4.69) is 10.4 Å². The lowest BCUT2D eigenvalue weighted by atomic mass is 10.3. The first-order chi connectivity index (χ1) is 6.83. The SMILES string of the molecule is Nc1c(NCCO)nn2ccccc12. The highest BCUT2D eigenvalue weighted by Gasteiger charge is 2.07. The fourth-order valence-corrected chi connectivity index (χ4v) is 1.32. The normalized spacial score (nSPS) is 10.6. The molecular formula is C9H12N4O. The van der Waals surface area contributed by atoms with Gasteiger partial charge >= 0.3 is 0 Å². The highest BCUT2D eigenvalue weighted by molar-refractivity contribution is 5.80. The Morgan fingerprint density at radius 1 is 1.50 bits per heavy atom. The molecule has 5 heteroatoms. The molecule has 4 N–H and O–H groups in total. The Labute approximate surface area is 81.2 Å². The number of hydrogen-bond acceptors (Lipinski definition) is 4. The number of nitrogen functional groups attached to an aromatic ring is 1. The number of nitrogens with one attached hydrogen (secondary N) is 1. The number of aliphatic hydroxyl groups excluding tert-OH is 1. The Morgan fingerprint density at radius 2 is 2.36 bits per heavy atom. The first-order valence-electron chi connectivity index (χ1n) is 4.40. The Bertz CT molecular complexity index is 437. The van der Waals surface area contributed by atoms with Gasteiger partial charge in [-0.25, -0.2) is 4.52 Å². The lowest BCUT2D eigenvalue weighted by Gasteiger charge is -1.98. The Morgan fingerprint density at radius 3 is 3.07 bits per heavy atom. The minimum atomic E-state index is 0.0628. The van der Waals surface area contributed by atoms with Gasteiger partial charge < -0.3 is 16.2 Å². The molecule has 0 spiro atoms. The number of aromatic nitrogens is 2. The van der Waals surface area contributed by atoms with Crippen LogP contribution in [-0.4, -0.2) is 27.9 Å². The number of hydrogen-bond donors (Lipinski definition) is 3. The monoisotopic (exact) mass is 192 g/mol. The highest BCUT2D eigenvalue weighted by atomic mass is 16.3. The van der Waals surface area contributed by atoms with Gasteiger partial charge in [-0.05, 0) is 12.1 Å². The molecule has 0 saturated heterocycles. The summed E-state index contributed by atoms with van der Waals surface area (Å²) in [5.41, 5.74) is 7.33. The van der Waals surface area contributed by atoms with Gasteiger partial charge in [0.1, 0.15) is 5.69 Å². The summed E-state index contributed by atoms with van der Waals surface area (Å²) in [6.45, 7) is 0.515. The molecule has 0 bridgehead atoms. The first kappa shape index (κ1) is 8.83. The van der Waals surface area contributed by atoms with Crippen molar-refractivity contribution in [3.05, 3.63) is 24.4 Å². The third-order valence-electron chi connectivity index (χ3n) is 1.98. The van der Waals surface area contributed by atoms with Crippen molar-refractivity contribution in [2.24, 2.45) is 0 Å². The maximum atomic E-state index is 8.66. The summed E-state index contributed by atoms with van der Waals surface area (Å²) < 4.78 is 1.70. The van der Waals surface area contributed by atoms with Crippen LogP contribution in [0.15, 0.2) is 24.4 Å². The highest BCUT2D eigenvalue weighted by Crippen LogP contribution is 2.21. The van der Waals surface area contributed by atoms with Gasteiger partial charge in [-0.15, -0.1) is 5.10 Å². The zero-order valence-electron chi connectivity index (χ0n) is 7.64. The van der Waals surface area contributed by atoms with Crippen LogP contribution in [0.4, 0.5) is 11.5 Å². The van der Waals surface area contributed by atoms with Gasteiger partial charge in [-0.3, -0.25) is 0 Å². The molecule has 0 aliphatic rings. The average molecular weight is 192 g/mol. The first-order valence-corrected chi connectivity index (χ1v) is 4.40. The quantitative estimate of drug-likeness (QED) is 0.654. The lowest BCUT2D eigenvalue weighted by Crippen LogP contribution is -2.07. The smallest absolute Gasteiger partial charge is 0.172 e. The average Bonchev–Trinajstić information content (AvgIpc) is 2.54. The van der Waals surface area contributed by atoms with Crippen molar-refractivity contribution in [1.82, 2.24) is 9.61 Å². The molecule has 74 valence electrons. The second kappa shape index (κ2) is 3.55.